The quantitative estimate of drug-likeness (QED) is 0.843. The molecule has 1 atom stereocenters. The molecule has 0 aliphatic heterocycles. The molecule has 1 rings (SSSR count). The fourth-order valence-corrected chi connectivity index (χ4v) is 2.36. The van der Waals surface area contributed by atoms with Gasteiger partial charge in [-0.05, 0) is 12.1 Å². The van der Waals surface area contributed by atoms with E-state index >= 15 is 0 Å². The monoisotopic (exact) mass is 279 g/mol. The van der Waals surface area contributed by atoms with Crippen molar-refractivity contribution in [1.82, 2.24) is 4.90 Å². The van der Waals surface area contributed by atoms with E-state index < -0.39 is 22.9 Å². The van der Waals surface area contributed by atoms with Gasteiger partial charge in [0, 0.05) is 24.2 Å². The van der Waals surface area contributed by atoms with Crippen LogP contribution in [0.4, 0.5) is 13.2 Å². The summed E-state index contributed by atoms with van der Waals surface area (Å²) in [6, 6.07) is 8.39. The fourth-order valence-electron chi connectivity index (χ4n) is 1.23. The van der Waals surface area contributed by atoms with Crippen molar-refractivity contribution in [2.75, 3.05) is 19.3 Å². The first-order valence-electron chi connectivity index (χ1n) is 5.08. The number of alkyl halides is 3. The molecule has 0 aliphatic rings. The summed E-state index contributed by atoms with van der Waals surface area (Å²) in [6.45, 7) is -0.208. The van der Waals surface area contributed by atoms with Gasteiger partial charge in [-0.15, -0.1) is 0 Å². The topological polar surface area (TPSA) is 37.4 Å². The van der Waals surface area contributed by atoms with E-state index in [1.165, 1.54) is 0 Å². The van der Waals surface area contributed by atoms with Crippen molar-refractivity contribution in [2.45, 2.75) is 11.1 Å². The van der Waals surface area contributed by atoms with Crippen LogP contribution in [0.1, 0.15) is 0 Å². The van der Waals surface area contributed by atoms with Gasteiger partial charge in [0.25, 0.3) is 0 Å². The molecule has 7 heteroatoms. The molecule has 0 aliphatic carbocycles. The number of halogens is 3. The van der Waals surface area contributed by atoms with Crippen molar-refractivity contribution in [1.29, 1.82) is 0 Å². The third-order valence-corrected chi connectivity index (χ3v) is 3.56. The van der Waals surface area contributed by atoms with Gasteiger partial charge in [-0.1, -0.05) is 18.2 Å². The van der Waals surface area contributed by atoms with E-state index in [0.717, 1.165) is 7.05 Å². The number of amides is 1. The molecule has 0 N–H and O–H groups in total. The maximum Gasteiger partial charge on any atom is 0.471 e. The number of hydrogen-bond donors (Lipinski definition) is 0. The standard InChI is InChI=1S/C11H12F3NO2S/c1-15(10(16)11(12,13)14)7-8-18(17)9-5-3-2-4-6-9/h2-6H,7-8H2,1H3. The summed E-state index contributed by atoms with van der Waals surface area (Å²) in [6.07, 6.45) is -4.89. The van der Waals surface area contributed by atoms with E-state index in [2.05, 4.69) is 0 Å². The summed E-state index contributed by atoms with van der Waals surface area (Å²) in [5.74, 6) is -1.95. The Morgan fingerprint density at radius 1 is 1.28 bits per heavy atom. The molecule has 0 bridgehead atoms. The van der Waals surface area contributed by atoms with Gasteiger partial charge in [-0.2, -0.15) is 13.2 Å². The second kappa shape index (κ2) is 5.99. The van der Waals surface area contributed by atoms with E-state index in [4.69, 9.17) is 0 Å². The second-order valence-corrected chi connectivity index (χ2v) is 5.16. The highest BCUT2D eigenvalue weighted by Crippen LogP contribution is 2.17. The highest BCUT2D eigenvalue weighted by molar-refractivity contribution is 7.85. The number of carbonyl (C=O) groups is 1. The van der Waals surface area contributed by atoms with Crippen LogP contribution in [0.15, 0.2) is 35.2 Å². The highest BCUT2D eigenvalue weighted by Gasteiger charge is 2.41. The molecule has 1 aromatic rings. The Morgan fingerprint density at radius 3 is 2.33 bits per heavy atom. The lowest BCUT2D eigenvalue weighted by Gasteiger charge is -2.18. The van der Waals surface area contributed by atoms with Gasteiger partial charge in [0.2, 0.25) is 0 Å². The van der Waals surface area contributed by atoms with Crippen LogP contribution in [-0.2, 0) is 15.6 Å². The molecular formula is C11H12F3NO2S. The smallest absolute Gasteiger partial charge is 0.337 e. The lowest BCUT2D eigenvalue weighted by atomic mass is 10.4. The zero-order chi connectivity index (χ0) is 13.8. The normalized spacial score (nSPS) is 13.1. The van der Waals surface area contributed by atoms with Gasteiger partial charge in [-0.25, -0.2) is 0 Å². The SMILES string of the molecule is CN(CCS(=O)c1ccccc1)C(=O)C(F)(F)F. The van der Waals surface area contributed by atoms with E-state index in [9.17, 15) is 22.2 Å². The Hall–Kier alpha value is -1.37. The molecule has 0 saturated heterocycles. The summed E-state index contributed by atoms with van der Waals surface area (Å²) in [4.78, 5) is 11.9. The molecule has 0 heterocycles. The molecule has 18 heavy (non-hydrogen) atoms. The number of carbonyl (C=O) groups excluding carboxylic acids is 1. The van der Waals surface area contributed by atoms with Crippen molar-refractivity contribution >= 4 is 16.7 Å². The molecule has 0 fully saturated rings. The average Bonchev–Trinajstić information content (AvgIpc) is 2.34. The zero-order valence-electron chi connectivity index (χ0n) is 9.61. The summed E-state index contributed by atoms with van der Waals surface area (Å²) < 4.78 is 48.0. The van der Waals surface area contributed by atoms with Crippen molar-refractivity contribution in [3.8, 4) is 0 Å². The van der Waals surface area contributed by atoms with Crippen molar-refractivity contribution < 1.29 is 22.2 Å². The van der Waals surface area contributed by atoms with Gasteiger partial charge < -0.3 is 4.90 Å². The highest BCUT2D eigenvalue weighted by atomic mass is 32.2. The van der Waals surface area contributed by atoms with Crippen molar-refractivity contribution in [3.05, 3.63) is 30.3 Å². The van der Waals surface area contributed by atoms with Crippen LogP contribution in [0.25, 0.3) is 0 Å². The summed E-state index contributed by atoms with van der Waals surface area (Å²) in [5.41, 5.74) is 0. The van der Waals surface area contributed by atoms with E-state index in [0.29, 0.717) is 9.80 Å². The molecular weight excluding hydrogens is 267 g/mol. The Bertz CT molecular complexity index is 434. The van der Waals surface area contributed by atoms with Crippen LogP contribution in [0.5, 0.6) is 0 Å². The lowest BCUT2D eigenvalue weighted by molar-refractivity contribution is -0.183. The molecule has 100 valence electrons. The fraction of sp³-hybridized carbons (Fsp3) is 0.364. The van der Waals surface area contributed by atoms with Crippen LogP contribution < -0.4 is 0 Å². The Balaban J connectivity index is 2.52. The van der Waals surface area contributed by atoms with Gasteiger partial charge >= 0.3 is 12.1 Å². The third kappa shape index (κ3) is 4.14. The molecule has 0 radical (unpaired) electrons. The van der Waals surface area contributed by atoms with Gasteiger partial charge in [-0.3, -0.25) is 9.00 Å². The molecule has 1 unspecified atom stereocenters. The van der Waals surface area contributed by atoms with Gasteiger partial charge in [0.15, 0.2) is 0 Å². The third-order valence-electron chi connectivity index (χ3n) is 2.21. The summed E-state index contributed by atoms with van der Waals surface area (Å²) >= 11 is 0. The Labute approximate surface area is 105 Å². The van der Waals surface area contributed by atoms with Gasteiger partial charge in [0.1, 0.15) is 0 Å². The van der Waals surface area contributed by atoms with Crippen LogP contribution in [0, 0.1) is 0 Å². The molecule has 0 saturated carbocycles. The van der Waals surface area contributed by atoms with Crippen LogP contribution in [-0.4, -0.2) is 40.5 Å². The molecule has 1 aromatic carbocycles. The average molecular weight is 279 g/mol. The second-order valence-electron chi connectivity index (χ2n) is 3.59. The number of rotatable bonds is 4. The molecule has 1 amide bonds. The number of benzene rings is 1. The minimum absolute atomic E-state index is 0.0255. The summed E-state index contributed by atoms with van der Waals surface area (Å²) in [5, 5.41) is 0. The maximum atomic E-state index is 12.1. The Morgan fingerprint density at radius 2 is 1.83 bits per heavy atom. The molecule has 0 aromatic heterocycles. The van der Waals surface area contributed by atoms with Crippen LogP contribution in [0.3, 0.4) is 0 Å². The molecule has 0 spiro atoms. The largest absolute Gasteiger partial charge is 0.471 e. The maximum absolute atomic E-state index is 12.1. The predicted octanol–water partition coefficient (Wildman–Crippen LogP) is 1.81. The lowest BCUT2D eigenvalue weighted by Crippen LogP contribution is -2.40. The van der Waals surface area contributed by atoms with Crippen molar-refractivity contribution in [3.63, 3.8) is 0 Å². The first-order chi connectivity index (χ1) is 8.32. The minimum atomic E-state index is -4.89. The predicted molar refractivity (Wildman–Crippen MR) is 61.4 cm³/mol. The van der Waals surface area contributed by atoms with E-state index in [1.54, 1.807) is 30.3 Å². The van der Waals surface area contributed by atoms with E-state index in [1.807, 2.05) is 0 Å². The van der Waals surface area contributed by atoms with Crippen molar-refractivity contribution in [2.24, 2.45) is 0 Å². The number of nitrogens with zero attached hydrogens (tertiary/aromatic N) is 1. The summed E-state index contributed by atoms with van der Waals surface area (Å²) in [7, 11) is -0.369. The number of hydrogen-bond acceptors (Lipinski definition) is 2. The molecule has 3 nitrogen and oxygen atoms in total. The first-order valence-corrected chi connectivity index (χ1v) is 6.40. The van der Waals surface area contributed by atoms with Crippen LogP contribution in [0.2, 0.25) is 0 Å². The Kier molecular flexibility index (Phi) is 4.89. The minimum Gasteiger partial charge on any atom is -0.337 e. The first kappa shape index (κ1) is 14.7. The van der Waals surface area contributed by atoms with Crippen LogP contribution >= 0.6 is 0 Å². The zero-order valence-corrected chi connectivity index (χ0v) is 10.4. The van der Waals surface area contributed by atoms with Gasteiger partial charge in [0.05, 0.1) is 10.8 Å². The van der Waals surface area contributed by atoms with E-state index in [-0.39, 0.29) is 12.3 Å².